The molecule has 17 nitrogen and oxygen atoms in total. The summed E-state index contributed by atoms with van der Waals surface area (Å²) in [7, 11) is -9.91. The number of halogens is 2. The molecular weight excluding hydrogens is 586 g/mol. The van der Waals surface area contributed by atoms with Crippen LogP contribution < -0.4 is 21.9 Å². The van der Waals surface area contributed by atoms with Crippen LogP contribution in [0.1, 0.15) is 10.5 Å². The fourth-order valence-electron chi connectivity index (χ4n) is 3.29. The van der Waals surface area contributed by atoms with Crippen molar-refractivity contribution in [2.24, 2.45) is 4.99 Å². The molecule has 0 fully saturated rings. The Hall–Kier alpha value is -4.99. The van der Waals surface area contributed by atoms with Crippen LogP contribution >= 0.6 is 0 Å². The number of nitrogens with one attached hydrogen (secondary N) is 3. The van der Waals surface area contributed by atoms with E-state index in [1.807, 2.05) is 0 Å². The minimum Gasteiger partial charge on any atom is -0.476 e. The Kier molecular flexibility index (Phi) is 7.21. The number of hydrogen-bond acceptors (Lipinski definition) is 11. The number of carboxylic acids is 1. The van der Waals surface area contributed by atoms with Crippen LogP contribution in [0.25, 0.3) is 5.69 Å². The molecule has 0 saturated carbocycles. The maximum absolute atomic E-state index is 13.9. The van der Waals surface area contributed by atoms with E-state index in [4.69, 9.17) is 0 Å². The number of rotatable bonds is 8. The number of para-hydroxylation sites is 1. The fourth-order valence-corrected chi connectivity index (χ4v) is 4.63. The van der Waals surface area contributed by atoms with Gasteiger partial charge in [-0.05, 0) is 35.5 Å². The van der Waals surface area contributed by atoms with Gasteiger partial charge in [-0.2, -0.15) is 16.8 Å². The van der Waals surface area contributed by atoms with E-state index in [9.17, 15) is 49.5 Å². The maximum Gasteiger partial charge on any atom is 0.356 e. The second kappa shape index (κ2) is 10.3. The highest BCUT2D eigenvalue weighted by atomic mass is 32.2. The second-order valence-corrected chi connectivity index (χ2v) is 10.3. The second-order valence-electron chi connectivity index (χ2n) is 7.53. The monoisotopic (exact) mass is 600 g/mol. The zero-order valence-corrected chi connectivity index (χ0v) is 20.9. The number of anilines is 2. The number of aromatic amines is 1. The molecule has 0 aliphatic carbocycles. The van der Waals surface area contributed by atoms with E-state index in [1.54, 1.807) is 0 Å². The minimum atomic E-state index is -5.17. The molecule has 2 heterocycles. The third-order valence-electron chi connectivity index (χ3n) is 4.98. The molecular formula is C19H14F2N8O9S2. The molecule has 0 radical (unpaired) electrons. The quantitative estimate of drug-likeness (QED) is 0.119. The van der Waals surface area contributed by atoms with E-state index in [0.29, 0.717) is 16.9 Å². The molecule has 6 N–H and O–H groups in total. The van der Waals surface area contributed by atoms with Crippen molar-refractivity contribution in [3.8, 4) is 5.69 Å². The van der Waals surface area contributed by atoms with Gasteiger partial charge in [-0.25, -0.2) is 18.9 Å². The van der Waals surface area contributed by atoms with Gasteiger partial charge in [0.25, 0.3) is 25.8 Å². The van der Waals surface area contributed by atoms with Gasteiger partial charge in [0.15, 0.2) is 17.2 Å². The van der Waals surface area contributed by atoms with Crippen LogP contribution in [0.4, 0.5) is 25.9 Å². The van der Waals surface area contributed by atoms with Crippen LogP contribution in [0.2, 0.25) is 0 Å². The first-order valence-electron chi connectivity index (χ1n) is 10.3. The van der Waals surface area contributed by atoms with Crippen molar-refractivity contribution in [1.29, 1.82) is 0 Å². The van der Waals surface area contributed by atoms with Gasteiger partial charge in [-0.15, -0.1) is 5.10 Å². The molecule has 4 aromatic rings. The Morgan fingerprint density at radius 2 is 1.70 bits per heavy atom. The average Bonchev–Trinajstić information content (AvgIpc) is 3.20. The van der Waals surface area contributed by atoms with Crippen LogP contribution in [0, 0.1) is 5.82 Å². The number of carboxylic acid groups (broad SMARTS) is 1. The zero-order valence-electron chi connectivity index (χ0n) is 19.2. The summed E-state index contributed by atoms with van der Waals surface area (Å²) in [6.07, 6.45) is 0.524. The third kappa shape index (κ3) is 5.56. The Morgan fingerprint density at radius 1 is 1.02 bits per heavy atom. The number of hydrogen-bond donors (Lipinski definition) is 6. The smallest absolute Gasteiger partial charge is 0.356 e. The lowest BCUT2D eigenvalue weighted by Crippen LogP contribution is -2.23. The van der Waals surface area contributed by atoms with Crippen molar-refractivity contribution in [2.75, 3.05) is 10.9 Å². The standard InChI is InChI=1S/C19H14F2N8O9S2/c20-10-8-22-27-29(21)17(10)23-9-5-6-12(14(7-9)40(36,37)38)28-18(30)15(16(26-28)19(31)32)25-24-11-3-1-2-4-13(11)39(33,34)35/h1-8,24-26H,(H,31,32)(H,33,34,35)(H,36,37,38). The molecule has 0 amide bonds. The van der Waals surface area contributed by atoms with E-state index in [1.165, 1.54) is 18.2 Å². The maximum atomic E-state index is 13.9. The molecule has 40 heavy (non-hydrogen) atoms. The lowest BCUT2D eigenvalue weighted by Gasteiger charge is -2.11. The lowest BCUT2D eigenvalue weighted by molar-refractivity contribution is 0.0691. The van der Waals surface area contributed by atoms with E-state index < -0.39 is 80.5 Å². The van der Waals surface area contributed by atoms with Crippen molar-refractivity contribution in [2.45, 2.75) is 9.79 Å². The number of benzene rings is 2. The van der Waals surface area contributed by atoms with Gasteiger partial charge in [0, 0.05) is 0 Å². The van der Waals surface area contributed by atoms with Crippen LogP contribution in [-0.2, 0) is 20.2 Å². The summed E-state index contributed by atoms with van der Waals surface area (Å²) in [6.45, 7) is 0. The molecule has 21 heteroatoms. The van der Waals surface area contributed by atoms with Crippen molar-refractivity contribution in [1.82, 2.24) is 25.0 Å². The Labute approximate surface area is 220 Å². The van der Waals surface area contributed by atoms with Gasteiger partial charge >= 0.3 is 5.97 Å². The SMILES string of the molecule is O=C(O)c1[nH]n(-c2ccc(N=c3c(F)cnnn3F)cc2S(=O)(=O)O)c(=O)c1NNc1ccccc1S(=O)(=O)O. The molecule has 4 rings (SSSR count). The van der Waals surface area contributed by atoms with E-state index in [-0.39, 0.29) is 5.69 Å². The number of hydrazine groups is 1. The summed E-state index contributed by atoms with van der Waals surface area (Å²) in [5.41, 5.74) is -0.750. The van der Waals surface area contributed by atoms with E-state index in [0.717, 1.165) is 18.2 Å². The van der Waals surface area contributed by atoms with Crippen LogP contribution in [0.5, 0.6) is 0 Å². The molecule has 0 atom stereocenters. The van der Waals surface area contributed by atoms with Crippen molar-refractivity contribution in [3.05, 3.63) is 76.0 Å². The van der Waals surface area contributed by atoms with Crippen molar-refractivity contribution >= 4 is 43.3 Å². The first-order chi connectivity index (χ1) is 18.7. The third-order valence-corrected chi connectivity index (χ3v) is 6.77. The lowest BCUT2D eigenvalue weighted by atomic mass is 10.3. The highest BCUT2D eigenvalue weighted by molar-refractivity contribution is 7.86. The molecule has 0 spiro atoms. The Morgan fingerprint density at radius 3 is 2.33 bits per heavy atom. The number of nitrogens with zero attached hydrogens (tertiary/aromatic N) is 5. The number of H-pyrrole nitrogens is 1. The molecule has 0 saturated heterocycles. The summed E-state index contributed by atoms with van der Waals surface area (Å²) in [6, 6.07) is 7.29. The summed E-state index contributed by atoms with van der Waals surface area (Å²) in [5, 5.41) is 17.6. The van der Waals surface area contributed by atoms with E-state index in [2.05, 4.69) is 31.3 Å². The van der Waals surface area contributed by atoms with Crippen LogP contribution in [0.15, 0.2) is 68.2 Å². The first-order valence-corrected chi connectivity index (χ1v) is 13.2. The predicted molar refractivity (Wildman–Crippen MR) is 128 cm³/mol. The van der Waals surface area contributed by atoms with Gasteiger partial charge in [0.2, 0.25) is 5.49 Å². The highest BCUT2D eigenvalue weighted by Gasteiger charge is 2.26. The van der Waals surface area contributed by atoms with Gasteiger partial charge in [0.05, 0.1) is 23.3 Å². The minimum absolute atomic E-state index is 0.291. The summed E-state index contributed by atoms with van der Waals surface area (Å²) >= 11 is 0. The Bertz CT molecular complexity index is 1980. The molecule has 0 aliphatic heterocycles. The molecule has 0 unspecified atom stereocenters. The summed E-state index contributed by atoms with van der Waals surface area (Å²) < 4.78 is 94.6. The fraction of sp³-hybridized carbons (Fsp3) is 0. The van der Waals surface area contributed by atoms with Gasteiger partial charge in [-0.3, -0.25) is 29.9 Å². The summed E-state index contributed by atoms with van der Waals surface area (Å²) in [4.78, 5) is 26.3. The topological polar surface area (TPSA) is 251 Å². The van der Waals surface area contributed by atoms with Gasteiger partial charge in [0.1, 0.15) is 9.79 Å². The molecule has 0 bridgehead atoms. The van der Waals surface area contributed by atoms with Crippen LogP contribution in [-0.4, -0.2) is 62.0 Å². The normalized spacial score (nSPS) is 12.3. The molecule has 2 aromatic carbocycles. The zero-order chi connectivity index (χ0) is 29.4. The first kappa shape index (κ1) is 28.0. The molecule has 0 aliphatic rings. The number of carbonyl (C=O) groups is 1. The Balaban J connectivity index is 1.84. The highest BCUT2D eigenvalue weighted by Crippen LogP contribution is 2.26. The van der Waals surface area contributed by atoms with Gasteiger partial charge < -0.3 is 5.11 Å². The predicted octanol–water partition coefficient (Wildman–Crippen LogP) is 0.492. The number of aromatic carboxylic acids is 1. The van der Waals surface area contributed by atoms with Crippen LogP contribution in [0.3, 0.4) is 0 Å². The molecule has 210 valence electrons. The number of aromatic nitrogens is 5. The largest absolute Gasteiger partial charge is 0.476 e. The average molecular weight is 600 g/mol. The molecule has 2 aromatic heterocycles. The van der Waals surface area contributed by atoms with E-state index >= 15 is 0 Å². The van der Waals surface area contributed by atoms with Crippen molar-refractivity contribution in [3.63, 3.8) is 0 Å². The summed E-state index contributed by atoms with van der Waals surface area (Å²) in [5.74, 6) is -3.00. The van der Waals surface area contributed by atoms with Crippen molar-refractivity contribution < 1.29 is 44.7 Å². The van der Waals surface area contributed by atoms with Gasteiger partial charge in [-0.1, -0.05) is 21.5 Å².